The van der Waals surface area contributed by atoms with Crippen molar-refractivity contribution in [1.29, 1.82) is 0 Å². The molecule has 0 bridgehead atoms. The summed E-state index contributed by atoms with van der Waals surface area (Å²) in [6.45, 7) is 0. The van der Waals surface area contributed by atoms with Gasteiger partial charge in [0.15, 0.2) is 0 Å². The topological polar surface area (TPSA) is 179 Å². The van der Waals surface area contributed by atoms with Crippen LogP contribution in [0.15, 0.2) is 465 Å². The van der Waals surface area contributed by atoms with Crippen molar-refractivity contribution in [2.45, 2.75) is 6.17 Å². The van der Waals surface area contributed by atoms with E-state index >= 15 is 0 Å². The number of benzene rings is 22. The van der Waals surface area contributed by atoms with Crippen molar-refractivity contribution in [1.82, 2.24) is 54.8 Å². The predicted octanol–water partition coefficient (Wildman–Crippen LogP) is 32.9. The molecule has 0 saturated heterocycles. The van der Waals surface area contributed by atoms with E-state index in [0.717, 1.165) is 75.8 Å². The Kier molecular flexibility index (Phi) is 14.0. The first kappa shape index (κ1) is 56.6. The first-order chi connectivity index (χ1) is 90.9. The van der Waals surface area contributed by atoms with Crippen LogP contribution in [0, 0.1) is 0 Å². The molecule has 1 atom stereocenters. The predicted molar refractivity (Wildman–Crippen MR) is 623 cm³/mol. The number of nitrogens with one attached hydrogen (secondary N) is 2. The quantitative estimate of drug-likeness (QED) is 0.0822. The van der Waals surface area contributed by atoms with Gasteiger partial charge in [-0.15, -0.1) is 0 Å². The standard InChI is InChI=1S/C48H28N4SSe.C42H27N5Se.C42H24N4OSe/c1-4-12-31(13-5-1)45-50-46(32-14-6-2-7-15-32)52-47(51-45)38-21-11-20-37-36-19-10-18-35(43(36)54-44(37)38)34-25-23-29-22-24-30-26-27-40-42(41(30)39(29)28-34)53-48(49-40)33-16-8-3-9-17-33;1-3-10-26(11-4-1)39-43-34-23-21-25-18-19-28-24-29(20-22-30(28)36(25)37(34)44-39)41-45-40(27-12-5-2-6-13-27)46-42(47-41)33-16-9-15-32-31-14-7-8-17-35(31)48-38(32)33;1-3-10-27(11-4-1)39-44-40(46-41(45-39)32-16-9-15-31-30-14-7-8-17-35(30)48-38(31)32)29-21-19-25-18-20-26-22-23-34-37(36(26)33(25)24-29)47-42(43-34)28-12-5-2-6-13-28/h1-28H;1-24,39,43-44H;1-24H/i1D,2D,4D,5D,6D,7D,10D,11D,12D,13D,14D,15D,18D,19D,20D,21D;;1D,2D,3D,4D,5D,6D,7D,8D,9D,10D,11D,12D,13D,14D,15D,16D,17D,18D,19D,20D,21D,22D,23D,24D. The molecule has 8 aromatic heterocycles. The molecule has 0 spiro atoms. The van der Waals surface area contributed by atoms with Gasteiger partial charge in [-0.3, -0.25) is 0 Å². The van der Waals surface area contributed by atoms with Crippen molar-refractivity contribution in [3.8, 4) is 136 Å². The summed E-state index contributed by atoms with van der Waals surface area (Å²) >= 11 is -0.468. The minimum absolute atomic E-state index is 0.0150. The normalized spacial score (nSPS) is 16.2. The van der Waals surface area contributed by atoms with Gasteiger partial charge in [-0.2, -0.15) is 0 Å². The van der Waals surface area contributed by atoms with E-state index in [1.165, 1.54) is 41.0 Å². The van der Waals surface area contributed by atoms with Gasteiger partial charge >= 0.3 is 839 Å². The molecular weight excluding hydrogens is 2050 g/mol. The number of anilines is 2. The summed E-state index contributed by atoms with van der Waals surface area (Å²) in [7, 11) is 0. The SMILES string of the molecule is [2H]c1c([2H])c([2H])c(-c2nc(-c3c([2H])c([2H])c([2H])c([2H])c3[2H])nc(-c3c([2H])c([2H])c([2H])c4c3[se]c3c(-c5ccc6ccc7ccc8nc(-c9ccccc9)sc8c7c6c5)c([2H])c([2H])c([2H])c34)n2)c([2H])c1[2H].[2H]c1c([2H])c([2H])c(-c2nc(-c3c([2H])c([2H])c4c([2H])c([2H])c5c([2H])c([2H])c6nc(-c7c([2H])c([2H])c([2H])c([2H])c7[2H])oc6c5c4c3[2H])nc(-c3c([2H])c([2H])c([2H])c4c3[se]c3c([2H])c([2H])c([2H])c([2H])c34)n2)c([2H])c1[2H].c1ccc(-c2nc(-c3ccc4c(ccc5ccc6c(c54)NC(c4ccccc4)N6)c3)nc(-c3cccc4c3[se]c3ccccc34)n2)cc1. The number of rotatable bonds is 13. The molecular formula is C132H79N13OSSe3. The van der Waals surface area contributed by atoms with E-state index < -0.39 is 360 Å². The third-order valence-corrected chi connectivity index (χ3v) is 34.2. The third kappa shape index (κ3) is 15.9. The first-order valence-corrected chi connectivity index (χ1v) is 52.5. The van der Waals surface area contributed by atoms with Crippen molar-refractivity contribution in [2.75, 3.05) is 10.6 Å². The Labute approximate surface area is 937 Å². The zero-order valence-corrected chi connectivity index (χ0v) is 82.8. The Balaban J connectivity index is 0.000000127. The molecule has 0 saturated carbocycles. The van der Waals surface area contributed by atoms with Gasteiger partial charge in [-0.05, 0) is 23.7 Å². The first-order valence-electron chi connectivity index (χ1n) is 66.5. The van der Waals surface area contributed by atoms with Crippen LogP contribution >= 0.6 is 11.3 Å². The van der Waals surface area contributed by atoms with Crippen molar-refractivity contribution in [3.63, 3.8) is 0 Å². The van der Waals surface area contributed by atoms with Crippen LogP contribution in [-0.2, 0) is 0 Å². The molecule has 1 aliphatic heterocycles. The fourth-order valence-electron chi connectivity index (χ4n) is 18.8. The number of hydrogen-bond acceptors (Lipinski definition) is 15. The zero-order valence-electron chi connectivity index (χ0n) is 117. The maximum atomic E-state index is 9.84. The Bertz CT molecular complexity index is 13200. The van der Waals surface area contributed by atoms with Gasteiger partial charge in [0.05, 0.1) is 8.22 Å². The van der Waals surface area contributed by atoms with Crippen LogP contribution in [0.25, 0.3) is 279 Å². The van der Waals surface area contributed by atoms with Crippen LogP contribution < -0.4 is 10.6 Å². The van der Waals surface area contributed by atoms with E-state index in [1.807, 2.05) is 91.0 Å². The molecule has 0 amide bonds. The second kappa shape index (κ2) is 37.2. The number of nitrogens with zero attached hydrogens (tertiary/aromatic N) is 11. The van der Waals surface area contributed by atoms with E-state index in [-0.39, 0.29) is 78.2 Å². The molecule has 31 rings (SSSR count). The fraction of sp³-hybridized carbons (Fsp3) is 0.00758. The molecule has 9 heterocycles. The molecule has 0 radical (unpaired) electrons. The number of oxazole rings is 1. The van der Waals surface area contributed by atoms with Gasteiger partial charge in [0.2, 0.25) is 0 Å². The van der Waals surface area contributed by atoms with Crippen LogP contribution in [0.3, 0.4) is 0 Å². The Morgan fingerprint density at radius 1 is 0.253 bits per heavy atom. The van der Waals surface area contributed by atoms with Crippen molar-refractivity contribution in [3.05, 3.63) is 466 Å². The van der Waals surface area contributed by atoms with Crippen molar-refractivity contribution < 1.29 is 59.2 Å². The molecule has 0 fully saturated rings. The second-order valence-corrected chi connectivity index (χ2v) is 41.9. The molecule has 30 aromatic rings. The number of thiazole rings is 1. The zero-order chi connectivity index (χ0) is 134. The summed E-state index contributed by atoms with van der Waals surface area (Å²) in [5.74, 6) is -2.26. The Morgan fingerprint density at radius 2 is 0.753 bits per heavy atom. The van der Waals surface area contributed by atoms with Gasteiger partial charge in [0, 0.05) is 5.56 Å². The Hall–Kier alpha value is -18.1. The van der Waals surface area contributed by atoms with Crippen LogP contribution in [0.2, 0.25) is 0 Å². The summed E-state index contributed by atoms with van der Waals surface area (Å²) in [4.78, 5) is 51.4. The van der Waals surface area contributed by atoms with Gasteiger partial charge in [-0.25, -0.2) is 0 Å². The van der Waals surface area contributed by atoms with Crippen LogP contribution in [0.4, 0.5) is 11.4 Å². The van der Waals surface area contributed by atoms with E-state index in [0.29, 0.717) is 32.9 Å². The number of hydrogen-bond donors (Lipinski definition) is 2. The van der Waals surface area contributed by atoms with Crippen molar-refractivity contribution in [2.24, 2.45) is 0 Å². The number of aromatic nitrogens is 11. The van der Waals surface area contributed by atoms with Crippen LogP contribution in [0.1, 0.15) is 66.6 Å². The van der Waals surface area contributed by atoms with E-state index in [9.17, 15) is 11.0 Å². The fourth-order valence-corrected chi connectivity index (χ4v) is 27.2. The number of fused-ring (bicyclic) bond motifs is 24. The molecule has 702 valence electrons. The summed E-state index contributed by atoms with van der Waals surface area (Å²) in [5.41, 5.74) is 4.62. The summed E-state index contributed by atoms with van der Waals surface area (Å²) in [6, 6.07) is 47.1. The average molecular weight is 2170 g/mol. The molecule has 0 aliphatic carbocycles. The van der Waals surface area contributed by atoms with Gasteiger partial charge < -0.3 is 5.32 Å². The van der Waals surface area contributed by atoms with Gasteiger partial charge in [-0.1, -0.05) is 54.5 Å². The maximum absolute atomic E-state index is 9.84. The molecule has 1 unspecified atom stereocenters. The molecule has 2 N–H and O–H groups in total. The van der Waals surface area contributed by atoms with E-state index in [1.54, 1.807) is 11.3 Å². The second-order valence-electron chi connectivity index (χ2n) is 34.4. The van der Waals surface area contributed by atoms with Gasteiger partial charge in [0.25, 0.3) is 0 Å². The summed E-state index contributed by atoms with van der Waals surface area (Å²) in [5, 5.41) is 17.2. The van der Waals surface area contributed by atoms with E-state index in [4.69, 9.17) is 68.2 Å². The monoisotopic (exact) mass is 2170 g/mol. The Morgan fingerprint density at radius 3 is 1.45 bits per heavy atom. The molecule has 22 aromatic carbocycles. The van der Waals surface area contributed by atoms with E-state index in [2.05, 4.69) is 173 Å². The summed E-state index contributed by atoms with van der Waals surface area (Å²) in [6.07, 6.45) is 0.0231. The molecule has 150 heavy (non-hydrogen) atoms. The average Bonchev–Trinajstić information content (AvgIpc) is 1.32. The minimum atomic E-state index is -1.17. The molecule has 1 aliphatic rings. The van der Waals surface area contributed by atoms with Gasteiger partial charge in [0.1, 0.15) is 6.17 Å². The van der Waals surface area contributed by atoms with Crippen molar-refractivity contribution >= 4 is 210 Å². The third-order valence-electron chi connectivity index (χ3n) is 25.6. The molecule has 14 nitrogen and oxygen atoms in total. The van der Waals surface area contributed by atoms with Crippen LogP contribution in [-0.4, -0.2) is 98.3 Å². The molecule has 18 heteroatoms. The van der Waals surface area contributed by atoms with Crippen LogP contribution in [0.5, 0.6) is 0 Å². The summed E-state index contributed by atoms with van der Waals surface area (Å²) < 4.78 is 361.